The number of fused-ring (bicyclic) bond motifs is 1. The van der Waals surface area contributed by atoms with Crippen LogP contribution in [0.4, 0.5) is 0 Å². The topological polar surface area (TPSA) is 88.2 Å². The molecule has 2 aromatic rings. The van der Waals surface area contributed by atoms with E-state index < -0.39 is 6.10 Å². The van der Waals surface area contributed by atoms with Crippen LogP contribution in [0.25, 0.3) is 0 Å². The molecule has 5 nitrogen and oxygen atoms in total. The highest BCUT2D eigenvalue weighted by molar-refractivity contribution is 5.94. The molecule has 1 aromatic carbocycles. The SMILES string of the molecule is NCc1cc(C(=O)N[C@@H]2c3ccccc3C[C@@H]2O)ccn1. The molecular weight excluding hydrogens is 266 g/mol. The van der Waals surface area contributed by atoms with Crippen LogP contribution in [-0.2, 0) is 13.0 Å². The Hall–Kier alpha value is -2.24. The van der Waals surface area contributed by atoms with Crippen molar-refractivity contribution in [3.05, 3.63) is 65.0 Å². The molecule has 1 aliphatic carbocycles. The van der Waals surface area contributed by atoms with E-state index in [1.165, 1.54) is 0 Å². The van der Waals surface area contributed by atoms with Gasteiger partial charge in [-0.15, -0.1) is 0 Å². The molecule has 0 fully saturated rings. The number of carbonyl (C=O) groups is 1. The van der Waals surface area contributed by atoms with Crippen LogP contribution in [-0.4, -0.2) is 22.1 Å². The van der Waals surface area contributed by atoms with E-state index in [0.29, 0.717) is 17.7 Å². The summed E-state index contributed by atoms with van der Waals surface area (Å²) in [6, 6.07) is 10.7. The predicted molar refractivity (Wildman–Crippen MR) is 78.5 cm³/mol. The van der Waals surface area contributed by atoms with Crippen molar-refractivity contribution in [3.8, 4) is 0 Å². The number of pyridine rings is 1. The summed E-state index contributed by atoms with van der Waals surface area (Å²) in [5, 5.41) is 13.1. The fourth-order valence-electron chi connectivity index (χ4n) is 2.70. The Morgan fingerprint density at radius 3 is 3.00 bits per heavy atom. The van der Waals surface area contributed by atoms with Gasteiger partial charge in [0, 0.05) is 24.7 Å². The van der Waals surface area contributed by atoms with E-state index in [9.17, 15) is 9.90 Å². The zero-order valence-electron chi connectivity index (χ0n) is 11.5. The summed E-state index contributed by atoms with van der Waals surface area (Å²) in [7, 11) is 0. The zero-order valence-corrected chi connectivity index (χ0v) is 11.5. The molecule has 2 atom stereocenters. The van der Waals surface area contributed by atoms with E-state index in [4.69, 9.17) is 5.73 Å². The van der Waals surface area contributed by atoms with E-state index in [-0.39, 0.29) is 18.5 Å². The van der Waals surface area contributed by atoms with Crippen LogP contribution in [0.3, 0.4) is 0 Å². The molecule has 5 heteroatoms. The standard InChI is InChI=1S/C16H17N3O2/c17-9-12-7-11(5-6-18-12)16(21)19-15-13-4-2-1-3-10(13)8-14(15)20/h1-7,14-15,20H,8-9,17H2,(H,19,21)/t14-,15+/m0/s1. The van der Waals surface area contributed by atoms with Gasteiger partial charge in [0.15, 0.2) is 0 Å². The molecule has 4 N–H and O–H groups in total. The summed E-state index contributed by atoms with van der Waals surface area (Å²) in [5.74, 6) is -0.229. The van der Waals surface area contributed by atoms with Gasteiger partial charge < -0.3 is 16.2 Å². The number of nitrogens with zero attached hydrogens (tertiary/aromatic N) is 1. The lowest BCUT2D eigenvalue weighted by Gasteiger charge is -2.18. The summed E-state index contributed by atoms with van der Waals surface area (Å²) >= 11 is 0. The Kier molecular flexibility index (Phi) is 3.68. The summed E-state index contributed by atoms with van der Waals surface area (Å²) in [5.41, 5.74) is 8.75. The van der Waals surface area contributed by atoms with Crippen molar-refractivity contribution in [2.45, 2.75) is 25.1 Å². The van der Waals surface area contributed by atoms with Gasteiger partial charge in [-0.25, -0.2) is 0 Å². The highest BCUT2D eigenvalue weighted by Gasteiger charge is 2.32. The molecule has 108 valence electrons. The molecule has 1 amide bonds. The van der Waals surface area contributed by atoms with Crippen molar-refractivity contribution in [2.24, 2.45) is 5.73 Å². The van der Waals surface area contributed by atoms with Crippen molar-refractivity contribution < 1.29 is 9.90 Å². The van der Waals surface area contributed by atoms with Gasteiger partial charge in [0.2, 0.25) is 0 Å². The molecule has 0 spiro atoms. The monoisotopic (exact) mass is 283 g/mol. The van der Waals surface area contributed by atoms with Crippen LogP contribution in [0, 0.1) is 0 Å². The summed E-state index contributed by atoms with van der Waals surface area (Å²) in [6.07, 6.45) is 1.53. The molecule has 3 rings (SSSR count). The number of rotatable bonds is 3. The van der Waals surface area contributed by atoms with Crippen LogP contribution in [0.1, 0.15) is 33.2 Å². The van der Waals surface area contributed by atoms with Crippen molar-refractivity contribution in [2.75, 3.05) is 0 Å². The molecule has 0 radical (unpaired) electrons. The number of aliphatic hydroxyl groups excluding tert-OH is 1. The number of hydrogen-bond acceptors (Lipinski definition) is 4. The largest absolute Gasteiger partial charge is 0.390 e. The van der Waals surface area contributed by atoms with Gasteiger partial charge in [0.25, 0.3) is 5.91 Å². The minimum Gasteiger partial charge on any atom is -0.390 e. The van der Waals surface area contributed by atoms with Crippen LogP contribution >= 0.6 is 0 Å². The molecular formula is C16H17N3O2. The van der Waals surface area contributed by atoms with E-state index in [1.54, 1.807) is 18.3 Å². The van der Waals surface area contributed by atoms with Gasteiger partial charge in [-0.3, -0.25) is 9.78 Å². The summed E-state index contributed by atoms with van der Waals surface area (Å²) in [6.45, 7) is 0.288. The molecule has 1 heterocycles. The fraction of sp³-hybridized carbons (Fsp3) is 0.250. The number of nitrogens with one attached hydrogen (secondary N) is 1. The van der Waals surface area contributed by atoms with Gasteiger partial charge in [-0.05, 0) is 23.3 Å². The number of nitrogens with two attached hydrogens (primary N) is 1. The highest BCUT2D eigenvalue weighted by atomic mass is 16.3. The second kappa shape index (κ2) is 5.63. The quantitative estimate of drug-likeness (QED) is 0.782. The summed E-state index contributed by atoms with van der Waals surface area (Å²) in [4.78, 5) is 16.4. The third-order valence-corrected chi connectivity index (χ3v) is 3.78. The summed E-state index contributed by atoms with van der Waals surface area (Å²) < 4.78 is 0. The second-order valence-electron chi connectivity index (χ2n) is 5.16. The van der Waals surface area contributed by atoms with Crippen LogP contribution in [0.15, 0.2) is 42.6 Å². The van der Waals surface area contributed by atoms with Crippen LogP contribution in [0.2, 0.25) is 0 Å². The molecule has 0 unspecified atom stereocenters. The lowest BCUT2D eigenvalue weighted by atomic mass is 10.1. The highest BCUT2D eigenvalue weighted by Crippen LogP contribution is 2.31. The second-order valence-corrected chi connectivity index (χ2v) is 5.16. The average Bonchev–Trinajstić information content (AvgIpc) is 2.83. The number of amides is 1. The molecule has 1 aromatic heterocycles. The molecule has 0 bridgehead atoms. The maximum absolute atomic E-state index is 12.3. The Labute approximate surface area is 122 Å². The lowest BCUT2D eigenvalue weighted by Crippen LogP contribution is -2.34. The van der Waals surface area contributed by atoms with E-state index in [2.05, 4.69) is 10.3 Å². The maximum Gasteiger partial charge on any atom is 0.251 e. The zero-order chi connectivity index (χ0) is 14.8. The lowest BCUT2D eigenvalue weighted by molar-refractivity contribution is 0.0858. The smallest absolute Gasteiger partial charge is 0.251 e. The predicted octanol–water partition coefficient (Wildman–Crippen LogP) is 0.928. The molecule has 21 heavy (non-hydrogen) atoms. The molecule has 0 saturated heterocycles. The number of aliphatic hydroxyl groups is 1. The fourth-order valence-corrected chi connectivity index (χ4v) is 2.70. The van der Waals surface area contributed by atoms with E-state index in [1.807, 2.05) is 24.3 Å². The maximum atomic E-state index is 12.3. The Balaban J connectivity index is 1.81. The average molecular weight is 283 g/mol. The van der Waals surface area contributed by atoms with Crippen LogP contribution in [0.5, 0.6) is 0 Å². The van der Waals surface area contributed by atoms with Crippen LogP contribution < -0.4 is 11.1 Å². The number of benzene rings is 1. The number of hydrogen-bond donors (Lipinski definition) is 3. The van der Waals surface area contributed by atoms with Gasteiger partial charge >= 0.3 is 0 Å². The molecule has 0 saturated carbocycles. The van der Waals surface area contributed by atoms with Crippen molar-refractivity contribution >= 4 is 5.91 Å². The minimum absolute atomic E-state index is 0.229. The third kappa shape index (κ3) is 2.66. The third-order valence-electron chi connectivity index (χ3n) is 3.78. The van der Waals surface area contributed by atoms with Crippen molar-refractivity contribution in [3.63, 3.8) is 0 Å². The Bertz CT molecular complexity index is 672. The Morgan fingerprint density at radius 1 is 1.38 bits per heavy atom. The molecule has 1 aliphatic rings. The van der Waals surface area contributed by atoms with Gasteiger partial charge in [0.05, 0.1) is 17.8 Å². The van der Waals surface area contributed by atoms with Crippen molar-refractivity contribution in [1.82, 2.24) is 10.3 Å². The first kappa shape index (κ1) is 13.7. The first-order chi connectivity index (χ1) is 10.2. The first-order valence-corrected chi connectivity index (χ1v) is 6.91. The van der Waals surface area contributed by atoms with Gasteiger partial charge in [0.1, 0.15) is 0 Å². The Morgan fingerprint density at radius 2 is 2.19 bits per heavy atom. The minimum atomic E-state index is -0.595. The number of carbonyl (C=O) groups excluding carboxylic acids is 1. The molecule has 0 aliphatic heterocycles. The van der Waals surface area contributed by atoms with Gasteiger partial charge in [-0.1, -0.05) is 24.3 Å². The van der Waals surface area contributed by atoms with Gasteiger partial charge in [-0.2, -0.15) is 0 Å². The first-order valence-electron chi connectivity index (χ1n) is 6.91. The normalized spacial score (nSPS) is 20.1. The van der Waals surface area contributed by atoms with Crippen molar-refractivity contribution in [1.29, 1.82) is 0 Å². The van der Waals surface area contributed by atoms with E-state index >= 15 is 0 Å². The number of aromatic nitrogens is 1. The van der Waals surface area contributed by atoms with E-state index in [0.717, 1.165) is 11.1 Å².